The smallest absolute Gasteiger partial charge is 0.308 e. The van der Waals surface area contributed by atoms with Gasteiger partial charge < -0.3 is 35.1 Å². The van der Waals surface area contributed by atoms with E-state index in [0.717, 1.165) is 22.3 Å². The number of nitrogens with one attached hydrogen (secondary N) is 1. The molecule has 2 aromatic rings. The summed E-state index contributed by atoms with van der Waals surface area (Å²) in [5, 5.41) is 25.3. The van der Waals surface area contributed by atoms with Crippen LogP contribution in [0.4, 0.5) is 0 Å². The Kier molecular flexibility index (Phi) is 7.15. The van der Waals surface area contributed by atoms with Crippen LogP contribution in [0.3, 0.4) is 0 Å². The minimum absolute atomic E-state index is 0.00939. The second-order valence-electron chi connectivity index (χ2n) is 11.9. The number of carbonyl (C=O) groups is 2. The average Bonchev–Trinajstić information content (AvgIpc) is 3.44. The number of phenolic OH excluding ortho intramolecular Hbond substituents is 1. The van der Waals surface area contributed by atoms with Gasteiger partial charge in [-0.2, -0.15) is 5.26 Å². The zero-order chi connectivity index (χ0) is 30.9. The number of aromatic hydroxyl groups is 1. The zero-order valence-corrected chi connectivity index (χ0v) is 25.2. The molecule has 0 aromatic heterocycles. The maximum Gasteiger partial charge on any atom is 0.308 e. The van der Waals surface area contributed by atoms with Crippen LogP contribution in [0.5, 0.6) is 28.7 Å². The molecule has 6 rings (SSSR count). The Labute approximate surface area is 250 Å². The lowest BCUT2D eigenvalue weighted by Crippen LogP contribution is -2.68. The third-order valence-corrected chi connectivity index (χ3v) is 9.39. The van der Waals surface area contributed by atoms with Crippen LogP contribution in [0.15, 0.2) is 6.07 Å². The summed E-state index contributed by atoms with van der Waals surface area (Å²) >= 11 is 0. The van der Waals surface area contributed by atoms with E-state index in [1.54, 1.807) is 6.92 Å². The van der Waals surface area contributed by atoms with Gasteiger partial charge in [-0.1, -0.05) is 6.07 Å². The molecule has 4 heterocycles. The number of fused-ring (bicyclic) bond motifs is 9. The number of nitriles is 1. The Morgan fingerprint density at radius 3 is 2.58 bits per heavy atom. The van der Waals surface area contributed by atoms with Crippen LogP contribution >= 0.6 is 0 Å². The van der Waals surface area contributed by atoms with Crippen LogP contribution in [0.25, 0.3) is 0 Å². The highest BCUT2D eigenvalue weighted by Crippen LogP contribution is 2.58. The number of piperazine rings is 1. The number of phenols is 1. The number of nitrogens with two attached hydrogens (primary N) is 1. The number of nitrogens with zero attached hydrogens (tertiary/aromatic N) is 3. The zero-order valence-electron chi connectivity index (χ0n) is 25.2. The molecule has 1 fully saturated rings. The minimum Gasteiger partial charge on any atom is -0.504 e. The predicted octanol–water partition coefficient (Wildman–Crippen LogP) is 1.91. The third-order valence-electron chi connectivity index (χ3n) is 9.39. The van der Waals surface area contributed by atoms with Gasteiger partial charge in [-0.05, 0) is 51.8 Å². The van der Waals surface area contributed by atoms with Gasteiger partial charge in [0, 0.05) is 47.8 Å². The van der Waals surface area contributed by atoms with Gasteiger partial charge in [0.2, 0.25) is 12.7 Å². The van der Waals surface area contributed by atoms with Gasteiger partial charge in [0.25, 0.3) is 0 Å². The van der Waals surface area contributed by atoms with Crippen molar-refractivity contribution in [2.24, 2.45) is 5.73 Å². The van der Waals surface area contributed by atoms with E-state index in [-0.39, 0.29) is 43.1 Å². The monoisotopic (exact) mass is 591 g/mol. The Hall–Kier alpha value is -4.05. The topological polar surface area (TPSA) is 160 Å². The van der Waals surface area contributed by atoms with Crippen molar-refractivity contribution in [3.05, 3.63) is 39.4 Å². The van der Waals surface area contributed by atoms with E-state index >= 15 is 0 Å². The maximum atomic E-state index is 12.8. The average molecular weight is 592 g/mol. The Bertz CT molecular complexity index is 1570. The molecule has 2 unspecified atom stereocenters. The number of hydrogen-bond donors (Lipinski definition) is 3. The summed E-state index contributed by atoms with van der Waals surface area (Å²) in [5.41, 5.74) is 10.5. The van der Waals surface area contributed by atoms with Crippen molar-refractivity contribution in [3.8, 4) is 34.8 Å². The van der Waals surface area contributed by atoms with Gasteiger partial charge in [0.15, 0.2) is 23.0 Å². The summed E-state index contributed by atoms with van der Waals surface area (Å²) in [6.45, 7) is 6.79. The fourth-order valence-electron chi connectivity index (χ4n) is 7.67. The molecule has 0 saturated carbocycles. The first-order valence-corrected chi connectivity index (χ1v) is 14.4. The molecule has 0 aliphatic carbocycles. The molecule has 4 aliphatic rings. The van der Waals surface area contributed by atoms with Gasteiger partial charge in [-0.3, -0.25) is 19.4 Å². The molecule has 2 aromatic carbocycles. The van der Waals surface area contributed by atoms with Crippen molar-refractivity contribution < 1.29 is 33.6 Å². The maximum absolute atomic E-state index is 12.8. The minimum atomic E-state index is -0.739. The van der Waals surface area contributed by atoms with Crippen LogP contribution in [-0.2, 0) is 22.4 Å². The summed E-state index contributed by atoms with van der Waals surface area (Å²) in [6.07, 6.45) is 0.917. The molecule has 6 atom stereocenters. The van der Waals surface area contributed by atoms with Crippen molar-refractivity contribution in [2.45, 2.75) is 76.8 Å². The molecule has 12 heteroatoms. The highest BCUT2D eigenvalue weighted by Gasteiger charge is 2.56. The van der Waals surface area contributed by atoms with Crippen LogP contribution in [-0.4, -0.2) is 78.4 Å². The molecule has 0 radical (unpaired) electrons. The highest BCUT2D eigenvalue weighted by molar-refractivity contribution is 5.81. The quantitative estimate of drug-likeness (QED) is 0.344. The first kappa shape index (κ1) is 29.0. The molecule has 0 spiro atoms. The number of carbonyl (C=O) groups excluding carboxylic acids is 2. The molecule has 4 aliphatic heterocycles. The summed E-state index contributed by atoms with van der Waals surface area (Å²) < 4.78 is 23.3. The van der Waals surface area contributed by atoms with E-state index in [1.165, 1.54) is 14.0 Å². The van der Waals surface area contributed by atoms with Crippen molar-refractivity contribution in [1.82, 2.24) is 15.1 Å². The van der Waals surface area contributed by atoms with Crippen LogP contribution in [0, 0.1) is 25.2 Å². The Balaban J connectivity index is 1.61. The van der Waals surface area contributed by atoms with Crippen LogP contribution in [0.1, 0.15) is 59.3 Å². The van der Waals surface area contributed by atoms with Gasteiger partial charge in [0.1, 0.15) is 11.8 Å². The SMILES string of the molecule is COc1c(C)cc2c(c1O)[C@@H]1C3Cc4c(OC(C)=O)c(C)c5c(c4[C@H](CNC(=O)C(C)N)N3[C@@H](C#N)[C@@H](C2)N1C)OCO5. The van der Waals surface area contributed by atoms with Gasteiger partial charge in [-0.15, -0.1) is 0 Å². The van der Waals surface area contributed by atoms with E-state index < -0.39 is 24.1 Å². The summed E-state index contributed by atoms with van der Waals surface area (Å²) in [4.78, 5) is 29.4. The van der Waals surface area contributed by atoms with Gasteiger partial charge in [-0.25, -0.2) is 0 Å². The summed E-state index contributed by atoms with van der Waals surface area (Å²) in [7, 11) is 3.51. The molecular weight excluding hydrogens is 554 g/mol. The standard InChI is InChI=1S/C31H37N5O7/c1-13-7-17-8-19-21(10-32)36-20(25(35(19)5)23(17)26(38)27(13)40-6)9-18-24(22(36)11-34-31(39)15(3)33)30-29(41-12-42-30)14(2)28(18)43-16(4)37/h7,15,19-22,25,38H,8-9,11-12,33H2,1-6H3,(H,34,39)/t15?,19-,20?,21+,22+,25+/m1/s1. The molecule has 1 saturated heterocycles. The number of benzene rings is 2. The Morgan fingerprint density at radius 2 is 1.93 bits per heavy atom. The number of amides is 1. The molecule has 1 amide bonds. The Morgan fingerprint density at radius 1 is 1.21 bits per heavy atom. The first-order chi connectivity index (χ1) is 20.5. The van der Waals surface area contributed by atoms with E-state index in [1.807, 2.05) is 27.0 Å². The largest absolute Gasteiger partial charge is 0.504 e. The van der Waals surface area contributed by atoms with E-state index in [9.17, 15) is 20.0 Å². The van der Waals surface area contributed by atoms with E-state index in [2.05, 4.69) is 21.2 Å². The molecular formula is C31H37N5O7. The molecule has 43 heavy (non-hydrogen) atoms. The normalized spacial score (nSPS) is 26.0. The summed E-state index contributed by atoms with van der Waals surface area (Å²) in [5.74, 6) is 1.05. The van der Waals surface area contributed by atoms with E-state index in [4.69, 9.17) is 24.7 Å². The lowest BCUT2D eigenvalue weighted by Gasteiger charge is -2.60. The van der Waals surface area contributed by atoms with E-state index in [0.29, 0.717) is 47.0 Å². The second-order valence-corrected chi connectivity index (χ2v) is 11.9. The molecule has 2 bridgehead atoms. The van der Waals surface area contributed by atoms with Crippen molar-refractivity contribution >= 4 is 11.9 Å². The number of methoxy groups -OCH3 is 1. The number of ether oxygens (including phenoxy) is 4. The van der Waals surface area contributed by atoms with Gasteiger partial charge in [0.05, 0.1) is 31.3 Å². The van der Waals surface area contributed by atoms with Crippen LogP contribution < -0.4 is 30.0 Å². The number of likely N-dealkylation sites (N-methyl/N-ethyl adjacent to an activating group) is 1. The number of hydrogen-bond acceptors (Lipinski definition) is 11. The third kappa shape index (κ3) is 4.29. The van der Waals surface area contributed by atoms with Crippen molar-refractivity contribution in [2.75, 3.05) is 27.5 Å². The highest BCUT2D eigenvalue weighted by atomic mass is 16.7. The lowest BCUT2D eigenvalue weighted by molar-refractivity contribution is -0.132. The number of aryl methyl sites for hydroxylation is 1. The van der Waals surface area contributed by atoms with Crippen molar-refractivity contribution in [3.63, 3.8) is 0 Å². The van der Waals surface area contributed by atoms with Crippen LogP contribution in [0.2, 0.25) is 0 Å². The molecule has 4 N–H and O–H groups in total. The second kappa shape index (κ2) is 10.6. The number of esters is 1. The lowest BCUT2D eigenvalue weighted by atomic mass is 9.71. The van der Waals surface area contributed by atoms with Gasteiger partial charge >= 0.3 is 5.97 Å². The molecule has 228 valence electrons. The first-order valence-electron chi connectivity index (χ1n) is 14.4. The van der Waals surface area contributed by atoms with Crippen molar-refractivity contribution in [1.29, 1.82) is 5.26 Å². The summed E-state index contributed by atoms with van der Waals surface area (Å²) in [6, 6.07) is 1.83. The number of rotatable bonds is 5. The fraction of sp³-hybridized carbons (Fsp3) is 0.516. The predicted molar refractivity (Wildman–Crippen MR) is 154 cm³/mol. The molecule has 12 nitrogen and oxygen atoms in total. The fourth-order valence-corrected chi connectivity index (χ4v) is 7.67.